The second-order valence-corrected chi connectivity index (χ2v) is 6.80. The molecule has 116 valence electrons. The third-order valence-electron chi connectivity index (χ3n) is 4.06. The van der Waals surface area contributed by atoms with E-state index in [1.54, 1.807) is 11.3 Å². The Balaban J connectivity index is 1.61. The predicted octanol–water partition coefficient (Wildman–Crippen LogP) is 2.98. The molecule has 0 N–H and O–H groups in total. The largest absolute Gasteiger partial charge is 0.345 e. The zero-order chi connectivity index (χ0) is 15.5. The maximum Gasteiger partial charge on any atom is 0.253 e. The summed E-state index contributed by atoms with van der Waals surface area (Å²) in [6.45, 7) is 7.41. The first-order valence-corrected chi connectivity index (χ1v) is 8.54. The Morgan fingerprint density at radius 3 is 2.41 bits per heavy atom. The highest BCUT2D eigenvalue weighted by molar-refractivity contribution is 7.15. The van der Waals surface area contributed by atoms with Gasteiger partial charge in [0.2, 0.25) is 0 Å². The fourth-order valence-corrected chi connectivity index (χ4v) is 3.47. The summed E-state index contributed by atoms with van der Waals surface area (Å²) in [7, 11) is 0. The maximum absolute atomic E-state index is 12.5. The molecule has 0 unspecified atom stereocenters. The third-order valence-corrected chi connectivity index (χ3v) is 5.03. The highest BCUT2D eigenvalue weighted by atomic mass is 32.1. The molecule has 3 rings (SSSR count). The number of benzene rings is 1. The number of piperazine rings is 1. The van der Waals surface area contributed by atoms with Crippen molar-refractivity contribution in [2.24, 2.45) is 0 Å². The summed E-state index contributed by atoms with van der Waals surface area (Å²) in [5, 5.41) is 1.07. The topological polar surface area (TPSA) is 36.4 Å². The van der Waals surface area contributed by atoms with Gasteiger partial charge in [0.25, 0.3) is 5.91 Å². The molecule has 0 radical (unpaired) electrons. The van der Waals surface area contributed by atoms with E-state index < -0.39 is 0 Å². The van der Waals surface area contributed by atoms with Crippen LogP contribution in [-0.4, -0.2) is 42.0 Å². The number of amides is 1. The number of aryl methyl sites for hydroxylation is 2. The van der Waals surface area contributed by atoms with E-state index in [1.807, 2.05) is 35.4 Å². The van der Waals surface area contributed by atoms with E-state index in [0.29, 0.717) is 0 Å². The van der Waals surface area contributed by atoms with E-state index in [2.05, 4.69) is 23.7 Å². The summed E-state index contributed by atoms with van der Waals surface area (Å²) in [4.78, 5) is 22.4. The Kier molecular flexibility index (Phi) is 4.43. The lowest BCUT2D eigenvalue weighted by Gasteiger charge is -2.34. The summed E-state index contributed by atoms with van der Waals surface area (Å²) in [6, 6.07) is 7.97. The van der Waals surface area contributed by atoms with Crippen LogP contribution in [0.1, 0.15) is 27.7 Å². The third kappa shape index (κ3) is 3.14. The number of rotatable bonds is 3. The quantitative estimate of drug-likeness (QED) is 0.874. The van der Waals surface area contributed by atoms with Gasteiger partial charge in [-0.25, -0.2) is 4.98 Å². The molecule has 0 atom stereocenters. The molecule has 1 aliphatic rings. The van der Waals surface area contributed by atoms with Gasteiger partial charge >= 0.3 is 0 Å². The molecular weight excluding hydrogens is 294 g/mol. The molecule has 1 aromatic carbocycles. The molecule has 0 bridgehead atoms. The normalized spacial score (nSPS) is 15.2. The Hall–Kier alpha value is -1.88. The van der Waals surface area contributed by atoms with Gasteiger partial charge in [0, 0.05) is 42.8 Å². The minimum Gasteiger partial charge on any atom is -0.345 e. The molecule has 0 spiro atoms. The molecule has 5 heteroatoms. The van der Waals surface area contributed by atoms with Crippen LogP contribution in [0, 0.1) is 6.92 Å². The van der Waals surface area contributed by atoms with Crippen LogP contribution in [0.25, 0.3) is 0 Å². The zero-order valence-electron chi connectivity index (χ0n) is 13.1. The van der Waals surface area contributed by atoms with Gasteiger partial charge in [0.05, 0.1) is 0 Å². The smallest absolute Gasteiger partial charge is 0.253 e. The molecule has 0 aliphatic carbocycles. The highest BCUT2D eigenvalue weighted by Gasteiger charge is 2.23. The van der Waals surface area contributed by atoms with Gasteiger partial charge in [-0.1, -0.05) is 19.1 Å². The molecular formula is C17H21N3OS. The number of carbonyl (C=O) groups excluding carboxylic acids is 1. The minimum atomic E-state index is 0.137. The lowest BCUT2D eigenvalue weighted by molar-refractivity contribution is 0.0747. The molecule has 0 saturated carbocycles. The summed E-state index contributed by atoms with van der Waals surface area (Å²) in [5.74, 6) is 0.137. The van der Waals surface area contributed by atoms with Crippen LogP contribution in [0.15, 0.2) is 30.5 Å². The highest BCUT2D eigenvalue weighted by Crippen LogP contribution is 2.23. The Labute approximate surface area is 135 Å². The van der Waals surface area contributed by atoms with Crippen molar-refractivity contribution in [3.63, 3.8) is 0 Å². The summed E-state index contributed by atoms with van der Waals surface area (Å²) >= 11 is 1.72. The van der Waals surface area contributed by atoms with E-state index in [0.717, 1.165) is 43.3 Å². The number of nitrogens with zero attached hydrogens (tertiary/aromatic N) is 3. The molecule has 1 fully saturated rings. The zero-order valence-corrected chi connectivity index (χ0v) is 13.9. The second kappa shape index (κ2) is 6.48. The number of thiazole rings is 1. The van der Waals surface area contributed by atoms with Crippen molar-refractivity contribution in [3.8, 4) is 0 Å². The van der Waals surface area contributed by atoms with Crippen molar-refractivity contribution in [3.05, 3.63) is 46.5 Å². The summed E-state index contributed by atoms with van der Waals surface area (Å²) in [6.07, 6.45) is 2.91. The predicted molar refractivity (Wildman–Crippen MR) is 90.8 cm³/mol. The Bertz CT molecular complexity index is 642. The van der Waals surface area contributed by atoms with E-state index >= 15 is 0 Å². The van der Waals surface area contributed by atoms with Crippen molar-refractivity contribution in [2.75, 3.05) is 31.1 Å². The van der Waals surface area contributed by atoms with E-state index in [1.165, 1.54) is 10.4 Å². The summed E-state index contributed by atoms with van der Waals surface area (Å²) < 4.78 is 0. The first kappa shape index (κ1) is 15.0. The molecule has 2 heterocycles. The SMILES string of the molecule is CCc1ccc(C(=O)N2CCN(c3ncc(C)s3)CC2)cc1. The lowest BCUT2D eigenvalue weighted by Crippen LogP contribution is -2.48. The standard InChI is InChI=1S/C17H21N3OS/c1-3-14-4-6-15(7-5-14)16(21)19-8-10-20(11-9-19)17-18-12-13(2)22-17/h4-7,12H,3,8-11H2,1-2H3. The monoisotopic (exact) mass is 315 g/mol. The number of anilines is 1. The van der Waals surface area contributed by atoms with E-state index in [4.69, 9.17) is 0 Å². The van der Waals surface area contributed by atoms with Crippen LogP contribution in [0.2, 0.25) is 0 Å². The lowest BCUT2D eigenvalue weighted by atomic mass is 10.1. The van der Waals surface area contributed by atoms with Gasteiger partial charge in [-0.2, -0.15) is 0 Å². The van der Waals surface area contributed by atoms with Crippen LogP contribution in [0.4, 0.5) is 5.13 Å². The number of carbonyl (C=O) groups is 1. The molecule has 1 saturated heterocycles. The van der Waals surface area contributed by atoms with Crippen LogP contribution in [-0.2, 0) is 6.42 Å². The van der Waals surface area contributed by atoms with Crippen LogP contribution < -0.4 is 4.90 Å². The van der Waals surface area contributed by atoms with Gasteiger partial charge in [0.1, 0.15) is 0 Å². The first-order valence-electron chi connectivity index (χ1n) is 7.73. The van der Waals surface area contributed by atoms with Gasteiger partial charge in [-0.05, 0) is 31.0 Å². The first-order chi connectivity index (χ1) is 10.7. The van der Waals surface area contributed by atoms with E-state index in [9.17, 15) is 4.79 Å². The van der Waals surface area contributed by atoms with Gasteiger partial charge in [0.15, 0.2) is 5.13 Å². The van der Waals surface area contributed by atoms with Crippen molar-refractivity contribution >= 4 is 22.4 Å². The molecule has 1 amide bonds. The van der Waals surface area contributed by atoms with Gasteiger partial charge < -0.3 is 9.80 Å². The van der Waals surface area contributed by atoms with Gasteiger partial charge in [-0.3, -0.25) is 4.79 Å². The fraction of sp³-hybridized carbons (Fsp3) is 0.412. The maximum atomic E-state index is 12.5. The van der Waals surface area contributed by atoms with Crippen LogP contribution in [0.3, 0.4) is 0 Å². The Morgan fingerprint density at radius 1 is 1.18 bits per heavy atom. The van der Waals surface area contributed by atoms with Crippen molar-refractivity contribution in [1.82, 2.24) is 9.88 Å². The fourth-order valence-electron chi connectivity index (χ4n) is 2.66. The molecule has 22 heavy (non-hydrogen) atoms. The molecule has 4 nitrogen and oxygen atoms in total. The van der Waals surface area contributed by atoms with Crippen molar-refractivity contribution in [1.29, 1.82) is 0 Å². The molecule has 1 aromatic heterocycles. The van der Waals surface area contributed by atoms with Crippen LogP contribution in [0.5, 0.6) is 0 Å². The van der Waals surface area contributed by atoms with Gasteiger partial charge in [-0.15, -0.1) is 11.3 Å². The average molecular weight is 315 g/mol. The summed E-state index contributed by atoms with van der Waals surface area (Å²) in [5.41, 5.74) is 2.05. The molecule has 1 aliphatic heterocycles. The second-order valence-electron chi connectivity index (χ2n) is 5.58. The Morgan fingerprint density at radius 2 is 1.86 bits per heavy atom. The van der Waals surface area contributed by atoms with E-state index in [-0.39, 0.29) is 5.91 Å². The van der Waals surface area contributed by atoms with Crippen molar-refractivity contribution < 1.29 is 4.79 Å². The van der Waals surface area contributed by atoms with Crippen molar-refractivity contribution in [2.45, 2.75) is 20.3 Å². The van der Waals surface area contributed by atoms with Crippen LogP contribution >= 0.6 is 11.3 Å². The number of hydrogen-bond acceptors (Lipinski definition) is 4. The average Bonchev–Trinajstić information content (AvgIpc) is 3.01. The number of hydrogen-bond donors (Lipinski definition) is 0. The minimum absolute atomic E-state index is 0.137. The molecule has 2 aromatic rings. The number of aromatic nitrogens is 1.